The molecule has 1 aliphatic heterocycles. The molecule has 4 heteroatoms. The smallest absolute Gasteiger partial charge is 0.277 e. The minimum atomic E-state index is -0.271. The zero-order valence-corrected chi connectivity index (χ0v) is 4.83. The second-order valence-electron chi connectivity index (χ2n) is 2.13. The van der Waals surface area contributed by atoms with Crippen LogP contribution >= 0.6 is 0 Å². The molecule has 9 heavy (non-hydrogen) atoms. The van der Waals surface area contributed by atoms with E-state index in [2.05, 4.69) is 9.79 Å². The van der Waals surface area contributed by atoms with E-state index in [1.54, 1.807) is 4.68 Å². The van der Waals surface area contributed by atoms with Crippen LogP contribution in [0.1, 0.15) is 12.1 Å². The molecule has 2 rings (SSSR count). The second-order valence-corrected chi connectivity index (χ2v) is 2.13. The van der Waals surface area contributed by atoms with E-state index in [0.717, 1.165) is 25.1 Å². The molecule has 0 atom stereocenters. The standard InChI is InChI=1S/C5H6N2O2/c8-5-4-2-1-3-7(4)6-9-5/h1-3H2. The molecular formula is C5H6N2O2. The van der Waals surface area contributed by atoms with Crippen molar-refractivity contribution in [1.29, 1.82) is 0 Å². The van der Waals surface area contributed by atoms with Gasteiger partial charge in [0.15, 0.2) is 5.27 Å². The van der Waals surface area contributed by atoms with Crippen LogP contribution in [0.3, 0.4) is 0 Å². The van der Waals surface area contributed by atoms with Crippen LogP contribution in [0.2, 0.25) is 0 Å². The van der Waals surface area contributed by atoms with Gasteiger partial charge in [-0.2, -0.15) is 0 Å². The topological polar surface area (TPSA) is 47.0 Å². The molecule has 1 aliphatic rings. The average Bonchev–Trinajstić information content (AvgIpc) is 2.35. The Labute approximate surface area is 51.0 Å². The SMILES string of the molecule is O=c1on[n+]2[c-]1CCC2. The summed E-state index contributed by atoms with van der Waals surface area (Å²) in [7, 11) is 0. The fraction of sp³-hybridized carbons (Fsp3) is 0.600. The second kappa shape index (κ2) is 1.46. The third-order valence-electron chi connectivity index (χ3n) is 1.55. The molecule has 0 N–H and O–H groups in total. The maximum atomic E-state index is 10.7. The highest BCUT2D eigenvalue weighted by Crippen LogP contribution is 1.97. The number of aromatic nitrogens is 2. The number of hydrogen-bond acceptors (Lipinski definition) is 3. The van der Waals surface area contributed by atoms with Crippen LogP contribution in [0.4, 0.5) is 0 Å². The molecule has 4 nitrogen and oxygen atoms in total. The van der Waals surface area contributed by atoms with Gasteiger partial charge in [0.1, 0.15) is 6.54 Å². The summed E-state index contributed by atoms with van der Waals surface area (Å²) in [5.41, 5.74) is 0.447. The van der Waals surface area contributed by atoms with Crippen molar-refractivity contribution in [3.05, 3.63) is 16.1 Å². The fourth-order valence-electron chi connectivity index (χ4n) is 1.10. The Kier molecular flexibility index (Phi) is 0.777. The monoisotopic (exact) mass is 126 g/mol. The Balaban J connectivity index is 2.70. The van der Waals surface area contributed by atoms with Gasteiger partial charge >= 0.3 is 0 Å². The van der Waals surface area contributed by atoms with Crippen molar-refractivity contribution in [2.24, 2.45) is 0 Å². The summed E-state index contributed by atoms with van der Waals surface area (Å²) in [6.07, 6.45) is 1.84. The highest BCUT2D eigenvalue weighted by Gasteiger charge is 2.13. The number of rotatable bonds is 0. The molecule has 0 saturated carbocycles. The van der Waals surface area contributed by atoms with Crippen LogP contribution in [-0.2, 0) is 13.0 Å². The first-order chi connectivity index (χ1) is 4.38. The molecule has 0 bridgehead atoms. The van der Waals surface area contributed by atoms with Crippen molar-refractivity contribution in [3.63, 3.8) is 0 Å². The van der Waals surface area contributed by atoms with Gasteiger partial charge in [0.05, 0.1) is 0 Å². The van der Waals surface area contributed by atoms with Gasteiger partial charge in [-0.25, -0.2) is 4.68 Å². The van der Waals surface area contributed by atoms with Gasteiger partial charge in [0.2, 0.25) is 0 Å². The van der Waals surface area contributed by atoms with Crippen molar-refractivity contribution in [3.8, 4) is 0 Å². The molecule has 0 spiro atoms. The average molecular weight is 126 g/mol. The molecule has 0 fully saturated rings. The summed E-state index contributed by atoms with van der Waals surface area (Å²) in [5, 5.41) is 3.53. The van der Waals surface area contributed by atoms with Crippen LogP contribution in [0.5, 0.6) is 0 Å². The summed E-state index contributed by atoms with van der Waals surface area (Å²) in [6.45, 7) is 0.834. The van der Waals surface area contributed by atoms with Crippen LogP contribution < -0.4 is 10.3 Å². The maximum Gasteiger partial charge on any atom is 0.277 e. The molecule has 0 radical (unpaired) electrons. The van der Waals surface area contributed by atoms with Crippen molar-refractivity contribution in [2.75, 3.05) is 0 Å². The summed E-state index contributed by atoms with van der Waals surface area (Å²) in [6, 6.07) is 0. The molecule has 48 valence electrons. The maximum absolute atomic E-state index is 10.7. The summed E-state index contributed by atoms with van der Waals surface area (Å²) < 4.78 is 6.02. The molecule has 0 aromatic carbocycles. The molecule has 2 heterocycles. The first-order valence-corrected chi connectivity index (χ1v) is 2.93. The lowest BCUT2D eigenvalue weighted by Gasteiger charge is -1.81. The van der Waals surface area contributed by atoms with Crippen LogP contribution in [0, 0.1) is 0 Å². The predicted octanol–water partition coefficient (Wildman–Crippen LogP) is -1.01. The highest BCUT2D eigenvalue weighted by molar-refractivity contribution is 4.84. The first-order valence-electron chi connectivity index (χ1n) is 2.93. The first kappa shape index (κ1) is 4.78. The number of aryl methyl sites for hydroxylation is 1. The van der Waals surface area contributed by atoms with Crippen molar-refractivity contribution in [2.45, 2.75) is 19.4 Å². The van der Waals surface area contributed by atoms with Crippen LogP contribution in [0.25, 0.3) is 0 Å². The van der Waals surface area contributed by atoms with Gasteiger partial charge in [-0.1, -0.05) is 6.42 Å². The van der Waals surface area contributed by atoms with E-state index in [4.69, 9.17) is 0 Å². The largest absolute Gasteiger partial charge is 0.298 e. The van der Waals surface area contributed by atoms with E-state index in [-0.39, 0.29) is 5.63 Å². The lowest BCUT2D eigenvalue weighted by molar-refractivity contribution is -0.756. The Hall–Kier alpha value is -1.06. The van der Waals surface area contributed by atoms with Gasteiger partial charge in [-0.05, 0) is 6.42 Å². The Morgan fingerprint density at radius 1 is 1.78 bits per heavy atom. The Morgan fingerprint density at radius 3 is 3.44 bits per heavy atom. The van der Waals surface area contributed by atoms with Crippen molar-refractivity contribution in [1.82, 2.24) is 5.27 Å². The van der Waals surface area contributed by atoms with E-state index >= 15 is 0 Å². The van der Waals surface area contributed by atoms with E-state index < -0.39 is 0 Å². The lowest BCUT2D eigenvalue weighted by atomic mass is 10.3. The van der Waals surface area contributed by atoms with E-state index in [0.29, 0.717) is 0 Å². The summed E-state index contributed by atoms with van der Waals surface area (Å²) >= 11 is 0. The van der Waals surface area contributed by atoms with Crippen molar-refractivity contribution >= 4 is 0 Å². The fourth-order valence-corrected chi connectivity index (χ4v) is 1.10. The highest BCUT2D eigenvalue weighted by atomic mass is 16.5. The molecule has 0 amide bonds. The molecular weight excluding hydrogens is 120 g/mol. The minimum Gasteiger partial charge on any atom is -0.298 e. The van der Waals surface area contributed by atoms with Gasteiger partial charge < -0.3 is 0 Å². The third-order valence-corrected chi connectivity index (χ3v) is 1.55. The third kappa shape index (κ3) is 0.526. The molecule has 1 aromatic rings. The number of fused-ring (bicyclic) bond motifs is 1. The van der Waals surface area contributed by atoms with Gasteiger partial charge in [0, 0.05) is 5.69 Å². The lowest BCUT2D eigenvalue weighted by Crippen LogP contribution is -2.35. The van der Waals surface area contributed by atoms with E-state index in [1.807, 2.05) is 0 Å². The molecule has 0 unspecified atom stereocenters. The normalized spacial score (nSPS) is 16.0. The van der Waals surface area contributed by atoms with Gasteiger partial charge in [-0.15, -0.1) is 0 Å². The molecule has 1 aromatic heterocycles. The van der Waals surface area contributed by atoms with Crippen LogP contribution in [-0.4, -0.2) is 5.27 Å². The quantitative estimate of drug-likeness (QED) is 0.330. The molecule has 0 aliphatic carbocycles. The van der Waals surface area contributed by atoms with Gasteiger partial charge in [-0.3, -0.25) is 9.32 Å². The Bertz CT molecular complexity index is 273. The van der Waals surface area contributed by atoms with Gasteiger partial charge in [0.25, 0.3) is 5.63 Å². The predicted molar refractivity (Wildman–Crippen MR) is 26.9 cm³/mol. The minimum absolute atomic E-state index is 0.271. The molecule has 0 saturated heterocycles. The number of nitrogens with zero attached hydrogens (tertiary/aromatic N) is 2. The Morgan fingerprint density at radius 2 is 2.67 bits per heavy atom. The summed E-state index contributed by atoms with van der Waals surface area (Å²) in [4.78, 5) is 10.7. The van der Waals surface area contributed by atoms with E-state index in [1.165, 1.54) is 0 Å². The number of hydrogen-bond donors (Lipinski definition) is 0. The van der Waals surface area contributed by atoms with Crippen LogP contribution in [0.15, 0.2) is 9.32 Å². The summed E-state index contributed by atoms with van der Waals surface area (Å²) in [5.74, 6) is 0. The zero-order chi connectivity index (χ0) is 6.27. The zero-order valence-electron chi connectivity index (χ0n) is 4.83. The van der Waals surface area contributed by atoms with E-state index in [9.17, 15) is 4.79 Å². The van der Waals surface area contributed by atoms with Crippen molar-refractivity contribution < 1.29 is 9.20 Å².